The van der Waals surface area contributed by atoms with Gasteiger partial charge in [-0.1, -0.05) is 11.6 Å². The molecule has 0 aliphatic heterocycles. The van der Waals surface area contributed by atoms with Gasteiger partial charge < -0.3 is 10.6 Å². The van der Waals surface area contributed by atoms with E-state index in [-0.39, 0.29) is 29.3 Å². The third kappa shape index (κ3) is 5.84. The summed E-state index contributed by atoms with van der Waals surface area (Å²) in [7, 11) is 0. The largest absolute Gasteiger partial charge is 0.347 e. The number of nitrogens with one attached hydrogen (secondary N) is 2. The minimum Gasteiger partial charge on any atom is -0.347 e. The predicted molar refractivity (Wildman–Crippen MR) is 146 cm³/mol. The maximum Gasteiger partial charge on any atom is 0.274 e. The molecule has 2 amide bonds. The molecule has 13 heteroatoms. The van der Waals surface area contributed by atoms with E-state index in [1.807, 2.05) is 20.8 Å². The van der Waals surface area contributed by atoms with E-state index in [0.717, 1.165) is 12.8 Å². The van der Waals surface area contributed by atoms with Crippen LogP contribution in [0.5, 0.6) is 0 Å². The van der Waals surface area contributed by atoms with Gasteiger partial charge in [-0.25, -0.2) is 9.67 Å². The van der Waals surface area contributed by atoms with Crippen molar-refractivity contribution in [2.75, 3.05) is 5.32 Å². The number of carbonyl (C=O) groups excluding carboxylic acids is 2. The van der Waals surface area contributed by atoms with Crippen molar-refractivity contribution in [2.45, 2.75) is 58.5 Å². The van der Waals surface area contributed by atoms with Gasteiger partial charge in [0.1, 0.15) is 12.2 Å². The van der Waals surface area contributed by atoms with E-state index >= 15 is 0 Å². The number of anilines is 1. The zero-order chi connectivity index (χ0) is 28.6. The van der Waals surface area contributed by atoms with Crippen LogP contribution < -0.4 is 10.6 Å². The Balaban J connectivity index is 1.52. The number of halogens is 1. The molecule has 1 aliphatic carbocycles. The molecule has 0 atom stereocenters. The van der Waals surface area contributed by atoms with Crippen LogP contribution in [0.3, 0.4) is 0 Å². The summed E-state index contributed by atoms with van der Waals surface area (Å²) in [6, 6.07) is 10.0. The molecule has 5 rings (SSSR count). The highest BCUT2D eigenvalue weighted by molar-refractivity contribution is 6.32. The molecule has 1 aromatic carbocycles. The maximum absolute atomic E-state index is 13.8. The first kappa shape index (κ1) is 27.0. The first-order chi connectivity index (χ1) is 19.0. The number of nitrogens with zero attached hydrogens (tertiary/aromatic N) is 8. The second kappa shape index (κ2) is 10.5. The van der Waals surface area contributed by atoms with Crippen LogP contribution in [0, 0.1) is 18.3 Å². The quantitative estimate of drug-likeness (QED) is 0.347. The molecule has 12 nitrogen and oxygen atoms in total. The van der Waals surface area contributed by atoms with Crippen LogP contribution in [0.4, 0.5) is 5.69 Å². The average molecular weight is 559 g/mol. The number of amides is 2. The van der Waals surface area contributed by atoms with Gasteiger partial charge in [0.05, 0.1) is 33.6 Å². The highest BCUT2D eigenvalue weighted by Crippen LogP contribution is 2.37. The highest BCUT2D eigenvalue weighted by Gasteiger charge is 2.29. The minimum absolute atomic E-state index is 0.129. The van der Waals surface area contributed by atoms with E-state index in [1.165, 1.54) is 15.5 Å². The first-order valence-electron chi connectivity index (χ1n) is 12.7. The fourth-order valence-electron chi connectivity index (χ4n) is 4.12. The number of hydrogen-bond acceptors (Lipinski definition) is 8. The predicted octanol–water partition coefficient (Wildman–Crippen LogP) is 3.79. The van der Waals surface area contributed by atoms with Gasteiger partial charge in [-0.3, -0.25) is 9.59 Å². The van der Waals surface area contributed by atoms with Gasteiger partial charge in [0.25, 0.3) is 11.8 Å². The Morgan fingerprint density at radius 3 is 2.62 bits per heavy atom. The molecule has 1 saturated carbocycles. The number of aryl methyl sites for hydroxylation is 1. The van der Waals surface area contributed by atoms with Gasteiger partial charge in [-0.05, 0) is 81.6 Å². The molecule has 1 aliphatic rings. The lowest BCUT2D eigenvalue weighted by Gasteiger charge is -2.22. The van der Waals surface area contributed by atoms with E-state index in [1.54, 1.807) is 37.4 Å². The van der Waals surface area contributed by atoms with Crippen LogP contribution in [0.15, 0.2) is 36.5 Å². The average Bonchev–Trinajstić information content (AvgIpc) is 3.50. The number of rotatable bonds is 7. The molecule has 40 heavy (non-hydrogen) atoms. The zero-order valence-electron chi connectivity index (χ0n) is 22.4. The normalized spacial score (nSPS) is 13.1. The van der Waals surface area contributed by atoms with E-state index in [4.69, 9.17) is 11.6 Å². The van der Waals surface area contributed by atoms with Crippen molar-refractivity contribution < 1.29 is 9.59 Å². The molecule has 2 N–H and O–H groups in total. The van der Waals surface area contributed by atoms with Crippen molar-refractivity contribution >= 4 is 29.1 Å². The number of aromatic nitrogens is 7. The summed E-state index contributed by atoms with van der Waals surface area (Å²) in [6.45, 7) is 7.43. The minimum atomic E-state index is -0.552. The number of pyridine rings is 1. The second-order valence-electron chi connectivity index (χ2n) is 10.7. The molecular weight excluding hydrogens is 532 g/mol. The van der Waals surface area contributed by atoms with Crippen molar-refractivity contribution in [1.29, 1.82) is 5.26 Å². The molecular formula is C27H27ClN10O2. The lowest BCUT2D eigenvalue weighted by atomic mass is 10.0. The monoisotopic (exact) mass is 558 g/mol. The van der Waals surface area contributed by atoms with Crippen LogP contribution in [0.1, 0.15) is 83.0 Å². The first-order valence-corrected chi connectivity index (χ1v) is 13.1. The third-order valence-corrected chi connectivity index (χ3v) is 6.38. The summed E-state index contributed by atoms with van der Waals surface area (Å²) in [6.07, 6.45) is 3.64. The smallest absolute Gasteiger partial charge is 0.274 e. The summed E-state index contributed by atoms with van der Waals surface area (Å²) in [5.41, 5.74) is 1.37. The van der Waals surface area contributed by atoms with E-state index in [0.29, 0.717) is 33.6 Å². The van der Waals surface area contributed by atoms with Gasteiger partial charge in [0, 0.05) is 17.7 Å². The van der Waals surface area contributed by atoms with Crippen LogP contribution in [-0.2, 0) is 6.54 Å². The number of carbonyl (C=O) groups is 2. The summed E-state index contributed by atoms with van der Waals surface area (Å²) >= 11 is 6.42. The molecule has 3 aromatic heterocycles. The number of hydrogen-bond donors (Lipinski definition) is 2. The van der Waals surface area contributed by atoms with Gasteiger partial charge in [0.15, 0.2) is 11.6 Å². The zero-order valence-corrected chi connectivity index (χ0v) is 23.2. The number of tetrazole rings is 1. The van der Waals surface area contributed by atoms with E-state index < -0.39 is 17.4 Å². The van der Waals surface area contributed by atoms with Crippen molar-refractivity contribution in [1.82, 2.24) is 40.3 Å². The summed E-state index contributed by atoms with van der Waals surface area (Å²) in [5.74, 6) is 0.327. The SMILES string of the molecule is Cc1cc(C#N)cc(C(=O)NC(C)(C)C)c1NC(=O)c1cc(Cn2nnc(C3CC3)n2)nn1-c1ncccc1Cl. The van der Waals surface area contributed by atoms with Gasteiger partial charge >= 0.3 is 0 Å². The molecule has 1 fully saturated rings. The maximum atomic E-state index is 13.8. The fourth-order valence-corrected chi connectivity index (χ4v) is 4.32. The summed E-state index contributed by atoms with van der Waals surface area (Å²) in [4.78, 5) is 32.7. The van der Waals surface area contributed by atoms with Gasteiger partial charge in [-0.15, -0.1) is 10.2 Å². The molecule has 204 valence electrons. The van der Waals surface area contributed by atoms with Crippen molar-refractivity contribution in [3.63, 3.8) is 0 Å². The molecule has 4 aromatic rings. The van der Waals surface area contributed by atoms with Crippen molar-refractivity contribution in [2.24, 2.45) is 0 Å². The number of benzene rings is 1. The lowest BCUT2D eigenvalue weighted by molar-refractivity contribution is 0.0920. The molecule has 0 unspecified atom stereocenters. The van der Waals surface area contributed by atoms with Crippen LogP contribution >= 0.6 is 11.6 Å². The van der Waals surface area contributed by atoms with Crippen LogP contribution in [0.25, 0.3) is 5.82 Å². The van der Waals surface area contributed by atoms with Crippen molar-refractivity contribution in [3.8, 4) is 11.9 Å². The second-order valence-corrected chi connectivity index (χ2v) is 11.1. The Bertz CT molecular complexity index is 1660. The Kier molecular flexibility index (Phi) is 7.08. The van der Waals surface area contributed by atoms with Crippen molar-refractivity contribution in [3.05, 3.63) is 75.5 Å². The lowest BCUT2D eigenvalue weighted by Crippen LogP contribution is -2.41. The Morgan fingerprint density at radius 2 is 1.95 bits per heavy atom. The van der Waals surface area contributed by atoms with Crippen LogP contribution in [0.2, 0.25) is 5.02 Å². The Labute approximate surface area is 235 Å². The van der Waals surface area contributed by atoms with Gasteiger partial charge in [0.2, 0.25) is 0 Å². The van der Waals surface area contributed by atoms with Crippen LogP contribution in [-0.4, -0.2) is 52.3 Å². The molecule has 0 bridgehead atoms. The molecule has 0 spiro atoms. The Hall–Kier alpha value is -4.63. The highest BCUT2D eigenvalue weighted by atomic mass is 35.5. The summed E-state index contributed by atoms with van der Waals surface area (Å²) in [5, 5.41) is 32.8. The standard InChI is InChI=1S/C27H27ClN10O2/c1-15-10-16(13-29)11-19(25(39)32-27(2,3)4)22(15)31-26(40)21-12-18(14-37-35-23(33-36-37)17-7-8-17)34-38(21)24-20(28)6-5-9-30-24/h5-6,9-12,17H,7-8,14H2,1-4H3,(H,31,40)(H,32,39). The molecule has 0 radical (unpaired) electrons. The van der Waals surface area contributed by atoms with E-state index in [9.17, 15) is 14.9 Å². The Morgan fingerprint density at radius 1 is 1.18 bits per heavy atom. The third-order valence-electron chi connectivity index (χ3n) is 6.08. The molecule has 0 saturated heterocycles. The summed E-state index contributed by atoms with van der Waals surface area (Å²) < 4.78 is 1.35. The molecule has 3 heterocycles. The van der Waals surface area contributed by atoms with E-state index in [2.05, 4.69) is 42.2 Å². The fraction of sp³-hybridized carbons (Fsp3) is 0.333. The topological polar surface area (TPSA) is 156 Å². The number of nitriles is 1. The van der Waals surface area contributed by atoms with Gasteiger partial charge in [-0.2, -0.15) is 15.2 Å².